The van der Waals surface area contributed by atoms with E-state index in [0.717, 1.165) is 0 Å². The standard InChI is InChI=1S/C15H17NO4/c1-9(2)19-14(17)11-6-12(8-13(7-11)16-5)15(18)20-10(3)4/h6-10H,1-4H3. The molecule has 0 amide bonds. The molecule has 0 radical (unpaired) electrons. The molecule has 20 heavy (non-hydrogen) atoms. The summed E-state index contributed by atoms with van der Waals surface area (Å²) in [6, 6.07) is 4.16. The summed E-state index contributed by atoms with van der Waals surface area (Å²) >= 11 is 0. The van der Waals surface area contributed by atoms with E-state index in [2.05, 4.69) is 4.85 Å². The average molecular weight is 275 g/mol. The first kappa shape index (κ1) is 15.7. The molecule has 0 unspecified atom stereocenters. The van der Waals surface area contributed by atoms with Crippen LogP contribution in [0.3, 0.4) is 0 Å². The number of esters is 2. The lowest BCUT2D eigenvalue weighted by atomic mass is 10.1. The Bertz CT molecular complexity index is 515. The van der Waals surface area contributed by atoms with Crippen LogP contribution in [0.15, 0.2) is 18.2 Å². The molecule has 0 bridgehead atoms. The van der Waals surface area contributed by atoms with E-state index in [9.17, 15) is 9.59 Å². The predicted molar refractivity (Wildman–Crippen MR) is 73.8 cm³/mol. The normalized spacial score (nSPS) is 10.2. The molecule has 0 aliphatic rings. The molecule has 0 N–H and O–H groups in total. The summed E-state index contributed by atoms with van der Waals surface area (Å²) in [5.41, 5.74) is 0.532. The van der Waals surface area contributed by atoms with Crippen molar-refractivity contribution in [2.24, 2.45) is 0 Å². The van der Waals surface area contributed by atoms with Gasteiger partial charge in [-0.05, 0) is 45.9 Å². The summed E-state index contributed by atoms with van der Waals surface area (Å²) in [7, 11) is 0. The predicted octanol–water partition coefficient (Wildman–Crippen LogP) is 3.37. The molecule has 0 aliphatic heterocycles. The second-order valence-electron chi connectivity index (χ2n) is 4.79. The highest BCUT2D eigenvalue weighted by Crippen LogP contribution is 2.20. The lowest BCUT2D eigenvalue weighted by molar-refractivity contribution is 0.0378. The second-order valence-corrected chi connectivity index (χ2v) is 4.79. The van der Waals surface area contributed by atoms with Crippen molar-refractivity contribution in [3.05, 3.63) is 40.7 Å². The molecule has 0 fully saturated rings. The fraction of sp³-hybridized carbons (Fsp3) is 0.400. The van der Waals surface area contributed by atoms with E-state index in [-0.39, 0.29) is 29.0 Å². The molecule has 0 heterocycles. The summed E-state index contributed by atoms with van der Waals surface area (Å²) in [6.45, 7) is 13.9. The van der Waals surface area contributed by atoms with Crippen molar-refractivity contribution in [2.75, 3.05) is 0 Å². The van der Waals surface area contributed by atoms with Crippen molar-refractivity contribution < 1.29 is 19.1 Å². The van der Waals surface area contributed by atoms with Crippen LogP contribution in [0.2, 0.25) is 0 Å². The van der Waals surface area contributed by atoms with Crippen molar-refractivity contribution in [3.8, 4) is 0 Å². The zero-order chi connectivity index (χ0) is 15.3. The highest BCUT2D eigenvalue weighted by molar-refractivity contribution is 5.97. The van der Waals surface area contributed by atoms with E-state index in [0.29, 0.717) is 0 Å². The summed E-state index contributed by atoms with van der Waals surface area (Å²) in [4.78, 5) is 26.9. The number of hydrogen-bond donors (Lipinski definition) is 0. The molecule has 0 aliphatic carbocycles. The molecule has 1 aromatic carbocycles. The van der Waals surface area contributed by atoms with Crippen molar-refractivity contribution in [1.29, 1.82) is 0 Å². The number of carbonyl (C=O) groups excluding carboxylic acids is 2. The maximum absolute atomic E-state index is 11.8. The Morgan fingerprint density at radius 3 is 1.65 bits per heavy atom. The van der Waals surface area contributed by atoms with Gasteiger partial charge in [-0.3, -0.25) is 0 Å². The molecule has 0 aromatic heterocycles. The quantitative estimate of drug-likeness (QED) is 0.624. The van der Waals surface area contributed by atoms with Crippen LogP contribution in [0.1, 0.15) is 48.4 Å². The molecule has 0 atom stereocenters. The first-order chi connectivity index (χ1) is 9.33. The topological polar surface area (TPSA) is 57.0 Å². The Morgan fingerprint density at radius 1 is 0.950 bits per heavy atom. The van der Waals surface area contributed by atoms with Gasteiger partial charge in [0.25, 0.3) is 0 Å². The third-order valence-electron chi connectivity index (χ3n) is 2.20. The smallest absolute Gasteiger partial charge is 0.337 e. The van der Waals surface area contributed by atoms with Crippen LogP contribution >= 0.6 is 0 Å². The molecule has 0 spiro atoms. The number of rotatable bonds is 4. The van der Waals surface area contributed by atoms with E-state index in [1.165, 1.54) is 18.2 Å². The lowest BCUT2D eigenvalue weighted by Crippen LogP contribution is -2.14. The van der Waals surface area contributed by atoms with Gasteiger partial charge in [0.2, 0.25) is 0 Å². The van der Waals surface area contributed by atoms with Gasteiger partial charge in [0.15, 0.2) is 5.69 Å². The number of benzene rings is 1. The van der Waals surface area contributed by atoms with E-state index in [1.54, 1.807) is 27.7 Å². The van der Waals surface area contributed by atoms with Gasteiger partial charge in [-0.25, -0.2) is 14.4 Å². The summed E-state index contributed by atoms with van der Waals surface area (Å²) in [5, 5.41) is 0. The number of ether oxygens (including phenoxy) is 2. The van der Waals surface area contributed by atoms with Crippen molar-refractivity contribution in [3.63, 3.8) is 0 Å². The first-order valence-corrected chi connectivity index (χ1v) is 6.28. The number of carbonyl (C=O) groups is 2. The van der Waals surface area contributed by atoms with Gasteiger partial charge in [-0.1, -0.05) is 0 Å². The average Bonchev–Trinajstić information content (AvgIpc) is 2.36. The highest BCUT2D eigenvalue weighted by atomic mass is 16.5. The van der Waals surface area contributed by atoms with Crippen molar-refractivity contribution in [1.82, 2.24) is 0 Å². The maximum atomic E-state index is 11.8. The van der Waals surface area contributed by atoms with Crippen LogP contribution in [-0.4, -0.2) is 24.1 Å². The summed E-state index contributed by atoms with van der Waals surface area (Å²) in [5.74, 6) is -1.13. The minimum absolute atomic E-state index is 0.169. The molecule has 1 aromatic rings. The van der Waals surface area contributed by atoms with Gasteiger partial charge in [-0.15, -0.1) is 0 Å². The molecular weight excluding hydrogens is 258 g/mol. The van der Waals surface area contributed by atoms with Gasteiger partial charge in [0.05, 0.1) is 29.9 Å². The molecule has 0 saturated heterocycles. The largest absolute Gasteiger partial charge is 0.459 e. The van der Waals surface area contributed by atoms with E-state index >= 15 is 0 Å². The number of nitrogens with zero attached hydrogens (tertiary/aromatic N) is 1. The molecular formula is C15H17NO4. The maximum Gasteiger partial charge on any atom is 0.337 e. The van der Waals surface area contributed by atoms with Gasteiger partial charge < -0.3 is 9.47 Å². The van der Waals surface area contributed by atoms with Crippen LogP contribution in [0.25, 0.3) is 4.85 Å². The second kappa shape index (κ2) is 6.71. The lowest BCUT2D eigenvalue weighted by Gasteiger charge is -2.11. The SMILES string of the molecule is [C-]#[N+]c1cc(C(=O)OC(C)C)cc(C(=O)OC(C)C)c1. The van der Waals surface area contributed by atoms with Gasteiger partial charge >= 0.3 is 11.9 Å². The number of hydrogen-bond acceptors (Lipinski definition) is 4. The van der Waals surface area contributed by atoms with Crippen molar-refractivity contribution >= 4 is 17.6 Å². The van der Waals surface area contributed by atoms with Crippen LogP contribution in [0.5, 0.6) is 0 Å². The Morgan fingerprint density at radius 2 is 1.35 bits per heavy atom. The minimum atomic E-state index is -0.566. The van der Waals surface area contributed by atoms with Crippen molar-refractivity contribution in [2.45, 2.75) is 39.9 Å². The summed E-state index contributed by atoms with van der Waals surface area (Å²) < 4.78 is 10.1. The van der Waals surface area contributed by atoms with E-state index in [1.807, 2.05) is 0 Å². The summed E-state index contributed by atoms with van der Waals surface area (Å²) in [6.07, 6.45) is -0.546. The zero-order valence-corrected chi connectivity index (χ0v) is 12.0. The van der Waals surface area contributed by atoms with Gasteiger partial charge in [-0.2, -0.15) is 0 Å². The Balaban J connectivity index is 3.12. The molecule has 106 valence electrons. The molecule has 0 saturated carbocycles. The monoisotopic (exact) mass is 275 g/mol. The fourth-order valence-corrected chi connectivity index (χ4v) is 1.48. The third kappa shape index (κ3) is 4.39. The van der Waals surface area contributed by atoms with Crippen LogP contribution in [0, 0.1) is 6.57 Å². The first-order valence-electron chi connectivity index (χ1n) is 6.28. The zero-order valence-electron chi connectivity index (χ0n) is 12.0. The molecule has 5 nitrogen and oxygen atoms in total. The van der Waals surface area contributed by atoms with Crippen LogP contribution < -0.4 is 0 Å². The van der Waals surface area contributed by atoms with E-state index in [4.69, 9.17) is 16.0 Å². The van der Waals surface area contributed by atoms with Crippen LogP contribution in [-0.2, 0) is 9.47 Å². The Labute approximate surface area is 118 Å². The fourth-order valence-electron chi connectivity index (χ4n) is 1.48. The van der Waals surface area contributed by atoms with Gasteiger partial charge in [0, 0.05) is 0 Å². The Hall–Kier alpha value is -2.35. The molecule has 1 rings (SSSR count). The third-order valence-corrected chi connectivity index (χ3v) is 2.20. The minimum Gasteiger partial charge on any atom is -0.459 e. The Kier molecular flexibility index (Phi) is 5.27. The van der Waals surface area contributed by atoms with E-state index < -0.39 is 11.9 Å². The molecule has 5 heteroatoms. The van der Waals surface area contributed by atoms with Crippen LogP contribution in [0.4, 0.5) is 5.69 Å². The van der Waals surface area contributed by atoms with Gasteiger partial charge in [0.1, 0.15) is 0 Å². The highest BCUT2D eigenvalue weighted by Gasteiger charge is 2.16.